The third-order valence-electron chi connectivity index (χ3n) is 5.03. The lowest BCUT2D eigenvalue weighted by Gasteiger charge is -2.10. The quantitative estimate of drug-likeness (QED) is 0.314. The number of nitrogens with zero attached hydrogens (tertiary/aromatic N) is 1. The molecule has 0 unspecified atom stereocenters. The van der Waals surface area contributed by atoms with Crippen LogP contribution in [0.3, 0.4) is 0 Å². The molecule has 0 spiro atoms. The molecular formula is C23H20N4O3S2. The first kappa shape index (κ1) is 21.7. The van der Waals surface area contributed by atoms with E-state index in [1.54, 1.807) is 24.3 Å². The van der Waals surface area contributed by atoms with E-state index < -0.39 is 5.91 Å². The molecule has 9 heteroatoms. The van der Waals surface area contributed by atoms with Crippen LogP contribution < -0.4 is 16.4 Å². The van der Waals surface area contributed by atoms with E-state index in [4.69, 9.17) is 12.2 Å². The molecule has 0 bridgehead atoms. The Balaban J connectivity index is 1.57. The molecular weight excluding hydrogens is 444 g/mol. The van der Waals surface area contributed by atoms with Crippen molar-refractivity contribution in [1.29, 1.82) is 0 Å². The molecule has 0 aliphatic rings. The number of H-pyrrole nitrogens is 1. The Morgan fingerprint density at radius 1 is 1.06 bits per heavy atom. The monoisotopic (exact) mass is 464 g/mol. The van der Waals surface area contributed by atoms with Gasteiger partial charge >= 0.3 is 0 Å². The van der Waals surface area contributed by atoms with Gasteiger partial charge in [-0.3, -0.25) is 29.8 Å². The van der Waals surface area contributed by atoms with Crippen molar-refractivity contribution >= 4 is 46.3 Å². The van der Waals surface area contributed by atoms with Gasteiger partial charge in [-0.2, -0.15) is 0 Å². The number of carbonyl (C=O) groups is 2. The Morgan fingerprint density at radius 2 is 1.78 bits per heavy atom. The molecule has 0 aliphatic heterocycles. The van der Waals surface area contributed by atoms with Crippen LogP contribution in [0.1, 0.15) is 37.4 Å². The van der Waals surface area contributed by atoms with Crippen LogP contribution >= 0.6 is 23.6 Å². The molecule has 32 heavy (non-hydrogen) atoms. The summed E-state index contributed by atoms with van der Waals surface area (Å²) in [6.45, 7) is 3.98. The SMILES string of the molecule is CCc1sc(C(=O)NNC(=O)c2ccc3c(=O)n(-c4ccccc4)c(=S)[nH]c3c2)cc1C. The first-order valence-electron chi connectivity index (χ1n) is 9.93. The summed E-state index contributed by atoms with van der Waals surface area (Å²) in [5.41, 5.74) is 7.00. The van der Waals surface area contributed by atoms with Gasteiger partial charge in [0, 0.05) is 10.4 Å². The van der Waals surface area contributed by atoms with Gasteiger partial charge in [-0.1, -0.05) is 25.1 Å². The number of rotatable bonds is 4. The summed E-state index contributed by atoms with van der Waals surface area (Å²) >= 11 is 6.77. The molecule has 4 aromatic rings. The van der Waals surface area contributed by atoms with Crippen molar-refractivity contribution in [3.05, 3.63) is 90.6 Å². The number of fused-ring (bicyclic) bond motifs is 1. The summed E-state index contributed by atoms with van der Waals surface area (Å²) in [6, 6.07) is 15.5. The van der Waals surface area contributed by atoms with E-state index in [1.807, 2.05) is 32.0 Å². The van der Waals surface area contributed by atoms with Gasteiger partial charge in [0.15, 0.2) is 4.77 Å². The second kappa shape index (κ2) is 8.89. The lowest BCUT2D eigenvalue weighted by Crippen LogP contribution is -2.41. The highest BCUT2D eigenvalue weighted by Crippen LogP contribution is 2.22. The smallest absolute Gasteiger partial charge is 0.279 e. The first-order chi connectivity index (χ1) is 15.4. The maximum absolute atomic E-state index is 13.0. The first-order valence-corrected chi connectivity index (χ1v) is 11.2. The van der Waals surface area contributed by atoms with Crippen molar-refractivity contribution in [2.75, 3.05) is 0 Å². The minimum absolute atomic E-state index is 0.222. The van der Waals surface area contributed by atoms with Gasteiger partial charge in [0.1, 0.15) is 0 Å². The lowest BCUT2D eigenvalue weighted by atomic mass is 10.1. The minimum Gasteiger partial charge on any atom is -0.331 e. The topological polar surface area (TPSA) is 96.0 Å². The molecule has 3 N–H and O–H groups in total. The summed E-state index contributed by atoms with van der Waals surface area (Å²) in [4.78, 5) is 42.6. The highest BCUT2D eigenvalue weighted by Gasteiger charge is 2.15. The van der Waals surface area contributed by atoms with Gasteiger partial charge in [0.25, 0.3) is 17.4 Å². The number of aryl methyl sites for hydroxylation is 2. The highest BCUT2D eigenvalue weighted by molar-refractivity contribution is 7.71. The van der Waals surface area contributed by atoms with E-state index in [1.165, 1.54) is 28.0 Å². The van der Waals surface area contributed by atoms with Gasteiger partial charge < -0.3 is 4.98 Å². The number of benzene rings is 2. The van der Waals surface area contributed by atoms with E-state index in [9.17, 15) is 14.4 Å². The molecule has 162 valence electrons. The molecule has 0 saturated carbocycles. The largest absolute Gasteiger partial charge is 0.331 e. The Bertz CT molecular complexity index is 1450. The minimum atomic E-state index is -0.504. The van der Waals surface area contributed by atoms with Crippen molar-refractivity contribution in [3.63, 3.8) is 0 Å². The van der Waals surface area contributed by atoms with Gasteiger partial charge in [-0.05, 0) is 67.5 Å². The molecule has 2 aromatic heterocycles. The number of aromatic amines is 1. The molecule has 0 fully saturated rings. The second-order valence-electron chi connectivity index (χ2n) is 7.15. The number of hydrogen-bond donors (Lipinski definition) is 3. The van der Waals surface area contributed by atoms with Gasteiger partial charge in [0.2, 0.25) is 0 Å². The summed E-state index contributed by atoms with van der Waals surface area (Å²) in [5.74, 6) is -0.882. The Hall–Kier alpha value is -3.56. The van der Waals surface area contributed by atoms with Crippen LogP contribution in [0, 0.1) is 11.7 Å². The molecule has 2 heterocycles. The van der Waals surface area contributed by atoms with Gasteiger partial charge in [-0.25, -0.2) is 0 Å². The fourth-order valence-electron chi connectivity index (χ4n) is 3.40. The zero-order valence-electron chi connectivity index (χ0n) is 17.4. The summed E-state index contributed by atoms with van der Waals surface area (Å²) in [6.07, 6.45) is 0.848. The fraction of sp³-hybridized carbons (Fsp3) is 0.130. The third-order valence-corrected chi connectivity index (χ3v) is 6.69. The molecule has 7 nitrogen and oxygen atoms in total. The zero-order chi connectivity index (χ0) is 22.8. The number of para-hydroxylation sites is 1. The van der Waals surface area contributed by atoms with Crippen LogP contribution in [-0.4, -0.2) is 21.4 Å². The molecule has 0 atom stereocenters. The second-order valence-corrected chi connectivity index (χ2v) is 8.67. The molecule has 2 amide bonds. The van der Waals surface area contributed by atoms with Crippen molar-refractivity contribution in [3.8, 4) is 5.69 Å². The molecule has 4 rings (SSSR count). The average Bonchev–Trinajstić information content (AvgIpc) is 3.18. The van der Waals surface area contributed by atoms with Crippen LogP contribution in [0.25, 0.3) is 16.6 Å². The standard InChI is InChI=1S/C23H20N4O3S2/c1-3-18-13(2)11-19(32-18)21(29)26-25-20(28)14-9-10-16-17(12-14)24-23(31)27(22(16)30)15-7-5-4-6-8-15/h4-12H,3H2,1-2H3,(H,24,31)(H,25,28)(H,26,29). The predicted octanol–water partition coefficient (Wildman–Crippen LogP) is 4.06. The van der Waals surface area contributed by atoms with Crippen molar-refractivity contribution in [2.24, 2.45) is 0 Å². The number of hydrogen-bond acceptors (Lipinski definition) is 5. The Labute approximate surface area is 192 Å². The summed E-state index contributed by atoms with van der Waals surface area (Å²) in [5, 5.41) is 0.393. The van der Waals surface area contributed by atoms with Crippen molar-refractivity contribution < 1.29 is 9.59 Å². The van der Waals surface area contributed by atoms with Crippen LogP contribution in [-0.2, 0) is 6.42 Å². The van der Waals surface area contributed by atoms with E-state index in [2.05, 4.69) is 15.8 Å². The number of nitrogens with one attached hydrogen (secondary N) is 3. The van der Waals surface area contributed by atoms with Gasteiger partial charge in [-0.15, -0.1) is 11.3 Å². The van der Waals surface area contributed by atoms with Crippen LogP contribution in [0.4, 0.5) is 0 Å². The Kier molecular flexibility index (Phi) is 6.02. The van der Waals surface area contributed by atoms with E-state index >= 15 is 0 Å². The molecule has 0 radical (unpaired) electrons. The summed E-state index contributed by atoms with van der Waals surface area (Å²) in [7, 11) is 0. The average molecular weight is 465 g/mol. The van der Waals surface area contributed by atoms with Crippen molar-refractivity contribution in [2.45, 2.75) is 20.3 Å². The zero-order valence-corrected chi connectivity index (χ0v) is 19.0. The number of aromatic nitrogens is 2. The third kappa shape index (κ3) is 4.12. The summed E-state index contributed by atoms with van der Waals surface area (Å²) < 4.78 is 1.63. The fourth-order valence-corrected chi connectivity index (χ4v) is 4.71. The normalized spacial score (nSPS) is 10.8. The van der Waals surface area contributed by atoms with Crippen LogP contribution in [0.2, 0.25) is 0 Å². The number of thiophene rings is 1. The number of hydrazine groups is 1. The van der Waals surface area contributed by atoms with E-state index in [0.29, 0.717) is 21.5 Å². The highest BCUT2D eigenvalue weighted by atomic mass is 32.1. The maximum atomic E-state index is 13.0. The molecule has 0 saturated heterocycles. The lowest BCUT2D eigenvalue weighted by molar-refractivity contribution is 0.0849. The van der Waals surface area contributed by atoms with Gasteiger partial charge in [0.05, 0.1) is 21.5 Å². The maximum Gasteiger partial charge on any atom is 0.279 e. The van der Waals surface area contributed by atoms with E-state index in [0.717, 1.165) is 16.9 Å². The van der Waals surface area contributed by atoms with E-state index in [-0.39, 0.29) is 21.8 Å². The van der Waals surface area contributed by atoms with Crippen LogP contribution in [0.15, 0.2) is 59.4 Å². The predicted molar refractivity (Wildman–Crippen MR) is 128 cm³/mol. The van der Waals surface area contributed by atoms with Crippen molar-refractivity contribution in [1.82, 2.24) is 20.4 Å². The Morgan fingerprint density at radius 3 is 2.47 bits per heavy atom. The molecule has 2 aromatic carbocycles. The molecule has 0 aliphatic carbocycles. The number of amides is 2. The number of carbonyl (C=O) groups excluding carboxylic acids is 2. The van der Waals surface area contributed by atoms with Crippen LogP contribution in [0.5, 0.6) is 0 Å².